The third-order valence-corrected chi connectivity index (χ3v) is 5.10. The Hall–Kier alpha value is -2.27. The summed E-state index contributed by atoms with van der Waals surface area (Å²) in [5, 5.41) is 2.99. The summed E-state index contributed by atoms with van der Waals surface area (Å²) in [6, 6.07) is 9.45. The second-order valence-electron chi connectivity index (χ2n) is 6.73. The van der Waals surface area contributed by atoms with Crippen LogP contribution in [0.3, 0.4) is 0 Å². The summed E-state index contributed by atoms with van der Waals surface area (Å²) in [6.07, 6.45) is 0. The van der Waals surface area contributed by atoms with Crippen LogP contribution in [-0.4, -0.2) is 37.5 Å². The van der Waals surface area contributed by atoms with E-state index in [1.807, 2.05) is 12.1 Å². The van der Waals surface area contributed by atoms with Gasteiger partial charge < -0.3 is 10.2 Å². The van der Waals surface area contributed by atoms with Crippen molar-refractivity contribution in [2.24, 2.45) is 5.92 Å². The van der Waals surface area contributed by atoms with E-state index >= 15 is 0 Å². The van der Waals surface area contributed by atoms with Gasteiger partial charge in [-0.3, -0.25) is 4.79 Å². The van der Waals surface area contributed by atoms with E-state index in [-0.39, 0.29) is 5.91 Å². The summed E-state index contributed by atoms with van der Waals surface area (Å²) in [7, 11) is 2.09. The Morgan fingerprint density at radius 2 is 1.79 bits per heavy atom. The molecule has 0 bridgehead atoms. The molecule has 4 rings (SSSR count). The van der Waals surface area contributed by atoms with E-state index in [2.05, 4.69) is 17.3 Å². The molecule has 2 aliphatic heterocycles. The van der Waals surface area contributed by atoms with Gasteiger partial charge >= 0.3 is 0 Å². The van der Waals surface area contributed by atoms with Crippen LogP contribution in [0.15, 0.2) is 36.4 Å². The lowest BCUT2D eigenvalue weighted by molar-refractivity contribution is 0.0951. The van der Waals surface area contributed by atoms with Crippen LogP contribution < -0.4 is 5.32 Å². The number of nitrogens with one attached hydrogen (secondary N) is 1. The summed E-state index contributed by atoms with van der Waals surface area (Å²) in [4.78, 5) is 14.7. The minimum Gasteiger partial charge on any atom is -0.352 e. The first-order valence-corrected chi connectivity index (χ1v) is 8.09. The molecule has 3 nitrogen and oxygen atoms in total. The number of likely N-dealkylation sites (tertiary alicyclic amines) is 1. The Labute approximate surface area is 139 Å². The van der Waals surface area contributed by atoms with E-state index < -0.39 is 11.6 Å². The molecular weight excluding hydrogens is 310 g/mol. The lowest BCUT2D eigenvalue weighted by Crippen LogP contribution is -2.29. The number of benzene rings is 2. The Morgan fingerprint density at radius 1 is 1.04 bits per heavy atom. The van der Waals surface area contributed by atoms with E-state index in [1.165, 1.54) is 6.07 Å². The molecule has 2 heterocycles. The van der Waals surface area contributed by atoms with E-state index in [9.17, 15) is 13.6 Å². The van der Waals surface area contributed by atoms with Crippen LogP contribution in [-0.2, 0) is 0 Å². The van der Waals surface area contributed by atoms with Gasteiger partial charge in [-0.2, -0.15) is 0 Å². The molecule has 124 valence electrons. The number of likely N-dealkylation sites (N-methyl/N-ethyl adjacent to an activating group) is 1. The lowest BCUT2D eigenvalue weighted by Gasteiger charge is -2.17. The molecular formula is C19H18F2N2O. The lowest BCUT2D eigenvalue weighted by atomic mass is 9.86. The van der Waals surface area contributed by atoms with Crippen LogP contribution in [0, 0.1) is 17.6 Å². The smallest absolute Gasteiger partial charge is 0.251 e. The van der Waals surface area contributed by atoms with Crippen LogP contribution in [0.4, 0.5) is 8.78 Å². The van der Waals surface area contributed by atoms with Crippen molar-refractivity contribution in [3.05, 3.63) is 59.2 Å². The molecule has 2 aromatic rings. The first-order valence-electron chi connectivity index (χ1n) is 8.09. The molecule has 0 aliphatic carbocycles. The molecule has 0 spiro atoms. The maximum absolute atomic E-state index is 13.5. The fourth-order valence-corrected chi connectivity index (χ4v) is 3.90. The molecule has 2 aromatic carbocycles. The monoisotopic (exact) mass is 328 g/mol. The highest BCUT2D eigenvalue weighted by molar-refractivity contribution is 5.97. The molecule has 2 aliphatic rings. The Bertz CT molecular complexity index is 821. The van der Waals surface area contributed by atoms with Crippen molar-refractivity contribution in [3.8, 4) is 11.1 Å². The van der Waals surface area contributed by atoms with Gasteiger partial charge in [-0.05, 0) is 47.9 Å². The van der Waals surface area contributed by atoms with Crippen molar-refractivity contribution in [2.45, 2.75) is 5.92 Å². The van der Waals surface area contributed by atoms with Gasteiger partial charge in [-0.1, -0.05) is 18.2 Å². The number of rotatable bonds is 1. The normalized spacial score (nSPS) is 23.4. The standard InChI is InChI=1S/C19H18F2N2O/c1-23-9-13-8-22-19(24)15-6-11(2-4-14(15)16(13)10-23)12-3-5-17(20)18(21)7-12/h2-7,13,16H,8-10H2,1H3,(H,22,24)/t13-,16?/m0/s1. The van der Waals surface area contributed by atoms with Crippen LogP contribution >= 0.6 is 0 Å². The van der Waals surface area contributed by atoms with Crippen molar-refractivity contribution in [3.63, 3.8) is 0 Å². The van der Waals surface area contributed by atoms with Gasteiger partial charge in [0.05, 0.1) is 0 Å². The van der Waals surface area contributed by atoms with Crippen LogP contribution in [0.25, 0.3) is 11.1 Å². The Balaban J connectivity index is 1.79. The number of nitrogens with zero attached hydrogens (tertiary/aromatic N) is 1. The zero-order valence-corrected chi connectivity index (χ0v) is 13.4. The van der Waals surface area contributed by atoms with Crippen molar-refractivity contribution in [2.75, 3.05) is 26.7 Å². The molecule has 1 fully saturated rings. The van der Waals surface area contributed by atoms with Gasteiger partial charge in [-0.25, -0.2) is 8.78 Å². The zero-order valence-electron chi connectivity index (χ0n) is 13.4. The topological polar surface area (TPSA) is 32.3 Å². The minimum absolute atomic E-state index is 0.0912. The molecule has 24 heavy (non-hydrogen) atoms. The first-order chi connectivity index (χ1) is 11.5. The average molecular weight is 328 g/mol. The number of carbonyl (C=O) groups is 1. The first kappa shape index (κ1) is 15.3. The third kappa shape index (κ3) is 2.49. The van der Waals surface area contributed by atoms with Gasteiger partial charge in [-0.15, -0.1) is 0 Å². The van der Waals surface area contributed by atoms with Crippen molar-refractivity contribution >= 4 is 5.91 Å². The van der Waals surface area contributed by atoms with Gasteiger partial charge in [0.2, 0.25) is 0 Å². The van der Waals surface area contributed by atoms with Gasteiger partial charge in [0, 0.05) is 31.1 Å². The minimum atomic E-state index is -0.885. The second kappa shape index (κ2) is 5.67. The fourth-order valence-electron chi connectivity index (χ4n) is 3.90. The number of carbonyl (C=O) groups excluding carboxylic acids is 1. The predicted octanol–water partition coefficient (Wildman–Crippen LogP) is 3.02. The molecule has 5 heteroatoms. The number of amides is 1. The molecule has 1 amide bonds. The summed E-state index contributed by atoms with van der Waals surface area (Å²) in [6.45, 7) is 2.56. The molecule has 1 saturated heterocycles. The molecule has 0 saturated carbocycles. The summed E-state index contributed by atoms with van der Waals surface area (Å²) in [5.74, 6) is -1.11. The summed E-state index contributed by atoms with van der Waals surface area (Å²) < 4.78 is 26.6. The van der Waals surface area contributed by atoms with Crippen LogP contribution in [0.2, 0.25) is 0 Å². The Kier molecular flexibility index (Phi) is 3.61. The van der Waals surface area contributed by atoms with Crippen LogP contribution in [0.5, 0.6) is 0 Å². The number of hydrogen-bond acceptors (Lipinski definition) is 2. The number of fused-ring (bicyclic) bond motifs is 3. The highest BCUT2D eigenvalue weighted by atomic mass is 19.2. The van der Waals surface area contributed by atoms with Gasteiger partial charge in [0.25, 0.3) is 5.91 Å². The molecule has 2 atom stereocenters. The van der Waals surface area contributed by atoms with E-state index in [1.54, 1.807) is 6.07 Å². The van der Waals surface area contributed by atoms with Gasteiger partial charge in [0.15, 0.2) is 11.6 Å². The average Bonchev–Trinajstić information content (AvgIpc) is 2.89. The van der Waals surface area contributed by atoms with Crippen molar-refractivity contribution in [1.82, 2.24) is 10.2 Å². The third-order valence-electron chi connectivity index (χ3n) is 5.10. The van der Waals surface area contributed by atoms with E-state index in [4.69, 9.17) is 0 Å². The van der Waals surface area contributed by atoms with Crippen LogP contribution in [0.1, 0.15) is 21.8 Å². The van der Waals surface area contributed by atoms with Crippen molar-refractivity contribution < 1.29 is 13.6 Å². The largest absolute Gasteiger partial charge is 0.352 e. The summed E-state index contributed by atoms with van der Waals surface area (Å²) in [5.41, 5.74) is 2.96. The summed E-state index contributed by atoms with van der Waals surface area (Å²) >= 11 is 0. The highest BCUT2D eigenvalue weighted by Gasteiger charge is 2.36. The van der Waals surface area contributed by atoms with E-state index in [0.29, 0.717) is 35.1 Å². The van der Waals surface area contributed by atoms with Gasteiger partial charge in [0.1, 0.15) is 0 Å². The maximum Gasteiger partial charge on any atom is 0.251 e. The highest BCUT2D eigenvalue weighted by Crippen LogP contribution is 2.37. The quantitative estimate of drug-likeness (QED) is 0.873. The van der Waals surface area contributed by atoms with E-state index in [0.717, 1.165) is 30.8 Å². The maximum atomic E-state index is 13.5. The molecule has 0 aromatic heterocycles. The number of halogens is 2. The Morgan fingerprint density at radius 3 is 2.58 bits per heavy atom. The molecule has 1 N–H and O–H groups in total. The zero-order chi connectivity index (χ0) is 16.8. The predicted molar refractivity (Wildman–Crippen MR) is 87.9 cm³/mol. The second-order valence-corrected chi connectivity index (χ2v) is 6.73. The number of hydrogen-bond donors (Lipinski definition) is 1. The van der Waals surface area contributed by atoms with Crippen molar-refractivity contribution in [1.29, 1.82) is 0 Å². The SMILES string of the molecule is CN1CC2c3ccc(-c4ccc(F)c(F)c4)cc3C(=O)NC[C@H]2C1. The molecule has 1 unspecified atom stereocenters. The fraction of sp³-hybridized carbons (Fsp3) is 0.316. The molecule has 0 radical (unpaired) electrons.